The molecule has 100 valence electrons. The van der Waals surface area contributed by atoms with Crippen LogP contribution >= 0.6 is 0 Å². The molecule has 1 saturated heterocycles. The normalized spacial score (nSPS) is 20.3. The molecule has 0 amide bonds. The maximum atomic E-state index is 11.6. The van der Waals surface area contributed by atoms with Gasteiger partial charge in [-0.15, -0.1) is 0 Å². The Balaban J connectivity index is 2.35. The van der Waals surface area contributed by atoms with E-state index in [9.17, 15) is 4.79 Å². The van der Waals surface area contributed by atoms with Crippen LogP contribution in [0.4, 0.5) is 0 Å². The summed E-state index contributed by atoms with van der Waals surface area (Å²) in [6.07, 6.45) is 0.155. The first-order chi connectivity index (χ1) is 8.75. The van der Waals surface area contributed by atoms with E-state index >= 15 is 0 Å². The number of pyridine rings is 1. The highest BCUT2D eigenvalue weighted by molar-refractivity contribution is 6.62. The standard InChI is InChI=1S/C13H17BN2O3/c1-12(2)13(3,4)19-14(18-12)9-7-10(5-6-15)16-11(17)8-9/h7-8H,5H2,1-4H3,(H,16,17). The fourth-order valence-electron chi connectivity index (χ4n) is 1.92. The maximum absolute atomic E-state index is 11.6. The summed E-state index contributed by atoms with van der Waals surface area (Å²) < 4.78 is 11.8. The van der Waals surface area contributed by atoms with Crippen LogP contribution in [0, 0.1) is 11.3 Å². The zero-order valence-corrected chi connectivity index (χ0v) is 11.6. The quantitative estimate of drug-likeness (QED) is 0.796. The minimum atomic E-state index is -0.579. The molecule has 0 unspecified atom stereocenters. The summed E-state index contributed by atoms with van der Waals surface area (Å²) in [5, 5.41) is 8.70. The van der Waals surface area contributed by atoms with Gasteiger partial charge in [0.1, 0.15) is 0 Å². The van der Waals surface area contributed by atoms with Crippen molar-refractivity contribution < 1.29 is 9.31 Å². The second-order valence-electron chi connectivity index (χ2n) is 5.73. The van der Waals surface area contributed by atoms with E-state index in [1.807, 2.05) is 33.8 Å². The summed E-state index contributed by atoms with van der Waals surface area (Å²) in [6, 6.07) is 5.20. The van der Waals surface area contributed by atoms with E-state index in [-0.39, 0.29) is 12.0 Å². The third-order valence-corrected chi connectivity index (χ3v) is 3.72. The molecule has 0 spiro atoms. The van der Waals surface area contributed by atoms with Crippen LogP contribution in [-0.4, -0.2) is 23.3 Å². The van der Waals surface area contributed by atoms with E-state index in [1.165, 1.54) is 6.07 Å². The maximum Gasteiger partial charge on any atom is 0.495 e. The van der Waals surface area contributed by atoms with Crippen molar-refractivity contribution in [2.45, 2.75) is 45.3 Å². The highest BCUT2D eigenvalue weighted by Crippen LogP contribution is 2.36. The number of nitrogens with one attached hydrogen (secondary N) is 1. The lowest BCUT2D eigenvalue weighted by molar-refractivity contribution is 0.00578. The molecule has 0 aromatic carbocycles. The molecule has 1 fully saturated rings. The van der Waals surface area contributed by atoms with Gasteiger partial charge in [-0.1, -0.05) is 0 Å². The van der Waals surface area contributed by atoms with Gasteiger partial charge in [-0.3, -0.25) is 4.79 Å². The van der Waals surface area contributed by atoms with Gasteiger partial charge in [0, 0.05) is 11.8 Å². The van der Waals surface area contributed by atoms with Crippen LogP contribution in [-0.2, 0) is 15.7 Å². The van der Waals surface area contributed by atoms with E-state index in [4.69, 9.17) is 14.6 Å². The SMILES string of the molecule is CC1(C)OB(c2cc(CC#N)[nH]c(=O)c2)OC1(C)C. The van der Waals surface area contributed by atoms with Crippen LogP contribution < -0.4 is 11.0 Å². The lowest BCUT2D eigenvalue weighted by Gasteiger charge is -2.32. The molecule has 6 heteroatoms. The number of hydrogen-bond donors (Lipinski definition) is 1. The van der Waals surface area contributed by atoms with E-state index in [0.717, 1.165) is 0 Å². The van der Waals surface area contributed by atoms with Crippen LogP contribution in [0.25, 0.3) is 0 Å². The van der Waals surface area contributed by atoms with Crippen molar-refractivity contribution >= 4 is 12.6 Å². The number of rotatable bonds is 2. The lowest BCUT2D eigenvalue weighted by Crippen LogP contribution is -2.41. The highest BCUT2D eigenvalue weighted by Gasteiger charge is 2.51. The van der Waals surface area contributed by atoms with Crippen LogP contribution in [0.5, 0.6) is 0 Å². The van der Waals surface area contributed by atoms with Crippen LogP contribution in [0.2, 0.25) is 0 Å². The third-order valence-electron chi connectivity index (χ3n) is 3.72. The molecule has 0 radical (unpaired) electrons. The Morgan fingerprint density at radius 3 is 2.37 bits per heavy atom. The van der Waals surface area contributed by atoms with Gasteiger partial charge in [0.05, 0.1) is 23.7 Å². The molecule has 1 aliphatic heterocycles. The number of H-pyrrole nitrogens is 1. The van der Waals surface area contributed by atoms with E-state index in [1.54, 1.807) is 6.07 Å². The summed E-state index contributed by atoms with van der Waals surface area (Å²) in [6.45, 7) is 7.82. The van der Waals surface area contributed by atoms with E-state index in [2.05, 4.69) is 4.98 Å². The van der Waals surface area contributed by atoms with Gasteiger partial charge < -0.3 is 14.3 Å². The Kier molecular flexibility index (Phi) is 3.29. The highest BCUT2D eigenvalue weighted by atomic mass is 16.7. The van der Waals surface area contributed by atoms with E-state index in [0.29, 0.717) is 11.2 Å². The second kappa shape index (κ2) is 4.51. The van der Waals surface area contributed by atoms with Crippen LogP contribution in [0.15, 0.2) is 16.9 Å². The van der Waals surface area contributed by atoms with E-state index < -0.39 is 18.3 Å². The fraction of sp³-hybridized carbons (Fsp3) is 0.538. The molecule has 1 N–H and O–H groups in total. The molecule has 0 bridgehead atoms. The average molecular weight is 260 g/mol. The zero-order valence-electron chi connectivity index (χ0n) is 11.6. The van der Waals surface area contributed by atoms with Crippen molar-refractivity contribution in [3.63, 3.8) is 0 Å². The molecule has 2 rings (SSSR count). The predicted molar refractivity (Wildman–Crippen MR) is 72.1 cm³/mol. The molecule has 19 heavy (non-hydrogen) atoms. The van der Waals surface area contributed by atoms with Crippen molar-refractivity contribution in [1.29, 1.82) is 5.26 Å². The van der Waals surface area contributed by atoms with Gasteiger partial charge in [0.2, 0.25) is 5.56 Å². The molecule has 5 nitrogen and oxygen atoms in total. The molecule has 2 heterocycles. The summed E-state index contributed by atoms with van der Waals surface area (Å²) in [7, 11) is -0.579. The Bertz CT molecular complexity index is 570. The molecule has 0 saturated carbocycles. The second-order valence-corrected chi connectivity index (χ2v) is 5.73. The monoisotopic (exact) mass is 260 g/mol. The minimum absolute atomic E-state index is 0.155. The third kappa shape index (κ3) is 2.58. The van der Waals surface area contributed by atoms with Crippen molar-refractivity contribution in [3.8, 4) is 6.07 Å². The summed E-state index contributed by atoms with van der Waals surface area (Å²) in [5.74, 6) is 0. The number of hydrogen-bond acceptors (Lipinski definition) is 4. The topological polar surface area (TPSA) is 75.1 Å². The van der Waals surface area contributed by atoms with Crippen molar-refractivity contribution in [2.75, 3.05) is 0 Å². The van der Waals surface area contributed by atoms with Crippen molar-refractivity contribution in [3.05, 3.63) is 28.2 Å². The Morgan fingerprint density at radius 2 is 1.84 bits per heavy atom. The first-order valence-electron chi connectivity index (χ1n) is 6.21. The first-order valence-corrected chi connectivity index (χ1v) is 6.21. The van der Waals surface area contributed by atoms with Gasteiger partial charge in [0.25, 0.3) is 0 Å². The Labute approximate surface area is 112 Å². The number of nitriles is 1. The number of nitrogens with zero attached hydrogens (tertiary/aromatic N) is 1. The largest absolute Gasteiger partial charge is 0.495 e. The molecule has 1 aromatic rings. The van der Waals surface area contributed by atoms with Gasteiger partial charge in [-0.05, 0) is 39.2 Å². The minimum Gasteiger partial charge on any atom is -0.399 e. The van der Waals surface area contributed by atoms with Gasteiger partial charge in [-0.2, -0.15) is 5.26 Å². The van der Waals surface area contributed by atoms with Crippen LogP contribution in [0.3, 0.4) is 0 Å². The molecule has 1 aliphatic rings. The smallest absolute Gasteiger partial charge is 0.399 e. The van der Waals surface area contributed by atoms with Crippen molar-refractivity contribution in [1.82, 2.24) is 4.98 Å². The molecule has 0 atom stereocenters. The molecule has 0 aliphatic carbocycles. The number of aromatic nitrogens is 1. The predicted octanol–water partition coefficient (Wildman–Crippen LogP) is 0.740. The number of aromatic amines is 1. The fourth-order valence-corrected chi connectivity index (χ4v) is 1.92. The summed E-state index contributed by atoms with van der Waals surface area (Å²) in [5.41, 5.74) is 0.0653. The summed E-state index contributed by atoms with van der Waals surface area (Å²) in [4.78, 5) is 14.2. The average Bonchev–Trinajstić information content (AvgIpc) is 2.48. The van der Waals surface area contributed by atoms with Gasteiger partial charge >= 0.3 is 7.12 Å². The molecular formula is C13H17BN2O3. The first kappa shape index (κ1) is 13.8. The molecular weight excluding hydrogens is 243 g/mol. The van der Waals surface area contributed by atoms with Gasteiger partial charge in [0.15, 0.2) is 0 Å². The Hall–Kier alpha value is -1.58. The summed E-state index contributed by atoms with van der Waals surface area (Å²) >= 11 is 0. The van der Waals surface area contributed by atoms with Crippen LogP contribution in [0.1, 0.15) is 33.4 Å². The van der Waals surface area contributed by atoms with Gasteiger partial charge in [-0.25, -0.2) is 0 Å². The Morgan fingerprint density at radius 1 is 1.26 bits per heavy atom. The molecule has 1 aromatic heterocycles. The van der Waals surface area contributed by atoms with Crippen molar-refractivity contribution in [2.24, 2.45) is 0 Å². The lowest BCUT2D eigenvalue weighted by atomic mass is 9.79. The zero-order chi connectivity index (χ0) is 14.3.